The number of carbonyl (C=O) groups excluding carboxylic acids is 2. The zero-order chi connectivity index (χ0) is 19.2. The van der Waals surface area contributed by atoms with Gasteiger partial charge in [0.15, 0.2) is 0 Å². The molecule has 8 nitrogen and oxygen atoms in total. The zero-order valence-corrected chi connectivity index (χ0v) is 14.8. The molecule has 0 saturated carbocycles. The third-order valence-corrected chi connectivity index (χ3v) is 3.80. The quantitative estimate of drug-likeness (QED) is 0.486. The van der Waals surface area contributed by atoms with Crippen LogP contribution in [0.3, 0.4) is 0 Å². The molecule has 8 heteroatoms. The van der Waals surface area contributed by atoms with E-state index in [4.69, 9.17) is 5.73 Å². The molecule has 0 saturated heterocycles. The van der Waals surface area contributed by atoms with Gasteiger partial charge in [-0.25, -0.2) is 4.99 Å². The van der Waals surface area contributed by atoms with Crippen LogP contribution in [0.2, 0.25) is 0 Å². The maximum absolute atomic E-state index is 12.1. The smallest absolute Gasteiger partial charge is 0.252 e. The molecular weight excluding hydrogens is 344 g/mol. The first kappa shape index (κ1) is 18.1. The van der Waals surface area contributed by atoms with Gasteiger partial charge in [0, 0.05) is 11.4 Å². The second kappa shape index (κ2) is 8.13. The van der Waals surface area contributed by atoms with Crippen LogP contribution in [0, 0.1) is 6.92 Å². The number of aryl methyl sites for hydroxylation is 1. The molecule has 1 heterocycles. The number of guanidine groups is 2. The molecule has 138 valence electrons. The Kier molecular flexibility index (Phi) is 5.46. The minimum Gasteiger partial charge on any atom is -0.369 e. The number of rotatable bonds is 4. The lowest BCUT2D eigenvalue weighted by Gasteiger charge is -2.06. The minimum absolute atomic E-state index is 0.0783. The molecule has 0 aliphatic carbocycles. The van der Waals surface area contributed by atoms with Crippen LogP contribution >= 0.6 is 0 Å². The van der Waals surface area contributed by atoms with Crippen molar-refractivity contribution in [1.29, 1.82) is 0 Å². The number of aliphatic imine (C=N–C) groups is 2. The van der Waals surface area contributed by atoms with E-state index in [0.717, 1.165) is 11.3 Å². The maximum atomic E-state index is 12.1. The first-order valence-corrected chi connectivity index (χ1v) is 8.41. The number of para-hydroxylation sites is 1. The summed E-state index contributed by atoms with van der Waals surface area (Å²) in [5.74, 6) is -0.525. The van der Waals surface area contributed by atoms with Gasteiger partial charge in [-0.05, 0) is 31.2 Å². The van der Waals surface area contributed by atoms with Crippen LogP contribution in [0.1, 0.15) is 12.0 Å². The van der Waals surface area contributed by atoms with E-state index in [1.807, 2.05) is 49.4 Å². The number of hydrogen-bond donors (Lipinski definition) is 4. The van der Waals surface area contributed by atoms with E-state index in [9.17, 15) is 9.59 Å². The van der Waals surface area contributed by atoms with Crippen LogP contribution < -0.4 is 21.7 Å². The molecule has 0 bridgehead atoms. The average molecular weight is 364 g/mol. The summed E-state index contributed by atoms with van der Waals surface area (Å²) < 4.78 is 0. The van der Waals surface area contributed by atoms with Crippen LogP contribution in [0.4, 0.5) is 11.4 Å². The standard InChI is InChI=1S/C19H20N6O2/c1-12-7-9-14(10-8-12)22-18(20)25-19-23-15(17(27)24-19)11-16(26)21-13-5-3-2-4-6-13/h2-10,15H,11H2,1H3,(H,21,26)(H4,20,22,23,24,25,27). The molecule has 1 aliphatic rings. The third-order valence-electron chi connectivity index (χ3n) is 3.80. The van der Waals surface area contributed by atoms with Gasteiger partial charge in [0.1, 0.15) is 6.04 Å². The van der Waals surface area contributed by atoms with Crippen LogP contribution in [-0.4, -0.2) is 29.8 Å². The molecule has 0 aromatic heterocycles. The lowest BCUT2D eigenvalue weighted by atomic mass is 10.2. The Morgan fingerprint density at radius 1 is 1.11 bits per heavy atom. The van der Waals surface area contributed by atoms with Gasteiger partial charge >= 0.3 is 0 Å². The highest BCUT2D eigenvalue weighted by Crippen LogP contribution is 2.11. The predicted octanol–water partition coefficient (Wildman–Crippen LogP) is 1.60. The van der Waals surface area contributed by atoms with Crippen LogP contribution in [-0.2, 0) is 9.59 Å². The maximum Gasteiger partial charge on any atom is 0.252 e. The van der Waals surface area contributed by atoms with E-state index >= 15 is 0 Å². The fourth-order valence-corrected chi connectivity index (χ4v) is 2.46. The topological polar surface area (TPSA) is 121 Å². The summed E-state index contributed by atoms with van der Waals surface area (Å²) in [6.07, 6.45) is -0.0783. The highest BCUT2D eigenvalue weighted by molar-refractivity contribution is 6.11. The van der Waals surface area contributed by atoms with Crippen LogP contribution in [0.25, 0.3) is 0 Å². The molecule has 1 aliphatic heterocycles. The Morgan fingerprint density at radius 3 is 2.48 bits per heavy atom. The zero-order valence-electron chi connectivity index (χ0n) is 14.8. The van der Waals surface area contributed by atoms with Gasteiger partial charge in [-0.1, -0.05) is 35.9 Å². The third kappa shape index (κ3) is 5.15. The van der Waals surface area contributed by atoms with Crippen molar-refractivity contribution in [3.8, 4) is 0 Å². The lowest BCUT2D eigenvalue weighted by Crippen LogP contribution is -2.32. The molecule has 2 aromatic carbocycles. The van der Waals surface area contributed by atoms with Gasteiger partial charge in [-0.3, -0.25) is 14.9 Å². The Bertz CT molecular complexity index is 890. The second-order valence-electron chi connectivity index (χ2n) is 6.06. The van der Waals surface area contributed by atoms with E-state index < -0.39 is 6.04 Å². The van der Waals surface area contributed by atoms with E-state index in [1.54, 1.807) is 12.1 Å². The highest BCUT2D eigenvalue weighted by Gasteiger charge is 2.28. The summed E-state index contributed by atoms with van der Waals surface area (Å²) >= 11 is 0. The van der Waals surface area contributed by atoms with Crippen molar-refractivity contribution in [3.05, 3.63) is 60.2 Å². The van der Waals surface area contributed by atoms with E-state index in [-0.39, 0.29) is 30.2 Å². The van der Waals surface area contributed by atoms with E-state index in [1.165, 1.54) is 0 Å². The fraction of sp³-hybridized carbons (Fsp3) is 0.158. The summed E-state index contributed by atoms with van der Waals surface area (Å²) in [5.41, 5.74) is 8.40. The number of nitrogens with two attached hydrogens (primary N) is 1. The molecule has 1 unspecified atom stereocenters. The SMILES string of the molecule is Cc1ccc(N/C(N)=N/C2=NC(CC(=O)Nc3ccccc3)C(=O)N2)cc1. The number of nitrogens with zero attached hydrogens (tertiary/aromatic N) is 2. The predicted molar refractivity (Wildman–Crippen MR) is 105 cm³/mol. The lowest BCUT2D eigenvalue weighted by molar-refractivity contribution is -0.123. The Labute approximate surface area is 156 Å². The number of hydrogen-bond acceptors (Lipinski definition) is 4. The van der Waals surface area contributed by atoms with Gasteiger partial charge in [0.05, 0.1) is 6.42 Å². The van der Waals surface area contributed by atoms with Gasteiger partial charge in [0.2, 0.25) is 17.8 Å². The van der Waals surface area contributed by atoms with Gasteiger partial charge in [0.25, 0.3) is 5.91 Å². The fourth-order valence-electron chi connectivity index (χ4n) is 2.46. The largest absolute Gasteiger partial charge is 0.369 e. The molecule has 5 N–H and O–H groups in total. The van der Waals surface area contributed by atoms with Gasteiger partial charge < -0.3 is 16.4 Å². The summed E-state index contributed by atoms with van der Waals surface area (Å²) in [7, 11) is 0. The van der Waals surface area contributed by atoms with Gasteiger partial charge in [-0.2, -0.15) is 4.99 Å². The van der Waals surface area contributed by atoms with Crippen LogP contribution in [0.15, 0.2) is 64.6 Å². The normalized spacial score (nSPS) is 16.5. The molecule has 3 rings (SSSR count). The second-order valence-corrected chi connectivity index (χ2v) is 6.06. The summed E-state index contributed by atoms with van der Waals surface area (Å²) in [6, 6.07) is 15.8. The molecule has 0 radical (unpaired) electrons. The van der Waals surface area contributed by atoms with E-state index in [2.05, 4.69) is 25.9 Å². The Hall–Kier alpha value is -3.68. The van der Waals surface area contributed by atoms with Crippen LogP contribution in [0.5, 0.6) is 0 Å². The van der Waals surface area contributed by atoms with Crippen molar-refractivity contribution in [1.82, 2.24) is 5.32 Å². The van der Waals surface area contributed by atoms with Crippen molar-refractivity contribution in [2.45, 2.75) is 19.4 Å². The summed E-state index contributed by atoms with van der Waals surface area (Å²) in [6.45, 7) is 1.98. The molecule has 0 fully saturated rings. The van der Waals surface area contributed by atoms with Crippen molar-refractivity contribution >= 4 is 35.1 Å². The Morgan fingerprint density at radius 2 is 1.78 bits per heavy atom. The van der Waals surface area contributed by atoms with E-state index in [0.29, 0.717) is 5.69 Å². The molecule has 0 spiro atoms. The van der Waals surface area contributed by atoms with Crippen molar-refractivity contribution in [2.24, 2.45) is 15.7 Å². The minimum atomic E-state index is -0.834. The summed E-state index contributed by atoms with van der Waals surface area (Å²) in [5, 5.41) is 8.16. The number of carbonyl (C=O) groups is 2. The molecular formula is C19H20N6O2. The molecule has 1 atom stereocenters. The molecule has 2 aromatic rings. The van der Waals surface area contributed by atoms with Crippen molar-refractivity contribution in [2.75, 3.05) is 10.6 Å². The van der Waals surface area contributed by atoms with Crippen molar-refractivity contribution < 1.29 is 9.59 Å². The first-order valence-electron chi connectivity index (χ1n) is 8.41. The average Bonchev–Trinajstić information content (AvgIpc) is 2.96. The number of benzene rings is 2. The van der Waals surface area contributed by atoms with Crippen molar-refractivity contribution in [3.63, 3.8) is 0 Å². The molecule has 27 heavy (non-hydrogen) atoms. The van der Waals surface area contributed by atoms with Gasteiger partial charge in [-0.15, -0.1) is 0 Å². The monoisotopic (exact) mass is 364 g/mol. The summed E-state index contributed by atoms with van der Waals surface area (Å²) in [4.78, 5) is 32.3. The number of anilines is 2. The number of amides is 2. The highest BCUT2D eigenvalue weighted by atomic mass is 16.2. The Balaban J connectivity index is 1.59. The first-order chi connectivity index (χ1) is 13.0. The number of nitrogens with one attached hydrogen (secondary N) is 3. The molecule has 2 amide bonds.